The van der Waals surface area contributed by atoms with Crippen LogP contribution in [0.15, 0.2) is 72.8 Å². The van der Waals surface area contributed by atoms with Gasteiger partial charge in [0.15, 0.2) is 5.78 Å². The van der Waals surface area contributed by atoms with Crippen molar-refractivity contribution in [2.45, 2.75) is 0 Å². The van der Waals surface area contributed by atoms with E-state index >= 15 is 0 Å². The first-order valence-electron chi connectivity index (χ1n) is 8.89. The van der Waals surface area contributed by atoms with E-state index < -0.39 is 11.7 Å². The van der Waals surface area contributed by atoms with Crippen LogP contribution in [0.2, 0.25) is 0 Å². The molecule has 2 amide bonds. The number of carbonyl (C=O) groups is 3. The maximum Gasteiger partial charge on any atom is 0.256 e. The van der Waals surface area contributed by atoms with E-state index in [-0.39, 0.29) is 28.4 Å². The summed E-state index contributed by atoms with van der Waals surface area (Å²) in [4.78, 5) is 39.2. The van der Waals surface area contributed by atoms with E-state index in [1.165, 1.54) is 29.2 Å². The summed E-state index contributed by atoms with van der Waals surface area (Å²) in [6.45, 7) is 0. The molecule has 0 heterocycles. The van der Waals surface area contributed by atoms with Crippen LogP contribution in [0.5, 0.6) is 0 Å². The molecule has 5 nitrogen and oxygen atoms in total. The molecular weight excluding hydrogens is 371 g/mol. The first-order chi connectivity index (χ1) is 13.9. The molecule has 0 unspecified atom stereocenters. The lowest BCUT2D eigenvalue weighted by Crippen LogP contribution is -2.22. The molecule has 0 aromatic heterocycles. The number of anilines is 1. The standard InChI is InChI=1S/C23H19FN2O3/c1-26(2)23(29)16-6-5-7-18(14-16)25-22(28)20-9-4-3-8-19(20)21(27)15-10-12-17(24)13-11-15/h3-14H,1-2H3,(H,25,28). The number of hydrogen-bond donors (Lipinski definition) is 1. The number of benzene rings is 3. The Balaban J connectivity index is 1.88. The quantitative estimate of drug-likeness (QED) is 0.670. The van der Waals surface area contributed by atoms with Crippen molar-refractivity contribution < 1.29 is 18.8 Å². The van der Waals surface area contributed by atoms with Crippen molar-refractivity contribution in [2.75, 3.05) is 19.4 Å². The van der Waals surface area contributed by atoms with Gasteiger partial charge in [-0.2, -0.15) is 0 Å². The Bertz CT molecular complexity index is 1080. The number of halogens is 1. The third-order valence-corrected chi connectivity index (χ3v) is 4.30. The normalized spacial score (nSPS) is 10.3. The van der Waals surface area contributed by atoms with Crippen molar-refractivity contribution >= 4 is 23.3 Å². The minimum Gasteiger partial charge on any atom is -0.345 e. The third-order valence-electron chi connectivity index (χ3n) is 4.30. The molecule has 0 atom stereocenters. The second-order valence-electron chi connectivity index (χ2n) is 6.62. The van der Waals surface area contributed by atoms with Gasteiger partial charge in [-0.3, -0.25) is 14.4 Å². The van der Waals surface area contributed by atoms with Gasteiger partial charge in [-0.1, -0.05) is 24.3 Å². The first kappa shape index (κ1) is 19.9. The van der Waals surface area contributed by atoms with Crippen LogP contribution in [0.1, 0.15) is 36.6 Å². The molecule has 3 aromatic rings. The van der Waals surface area contributed by atoms with Crippen LogP contribution >= 0.6 is 0 Å². The molecule has 0 saturated heterocycles. The number of rotatable bonds is 5. The van der Waals surface area contributed by atoms with Gasteiger partial charge in [-0.25, -0.2) is 4.39 Å². The Morgan fingerprint density at radius 1 is 0.793 bits per heavy atom. The lowest BCUT2D eigenvalue weighted by Gasteiger charge is -2.13. The lowest BCUT2D eigenvalue weighted by molar-refractivity contribution is 0.0827. The fourth-order valence-electron chi connectivity index (χ4n) is 2.82. The summed E-state index contributed by atoms with van der Waals surface area (Å²) in [5, 5.41) is 2.73. The minimum atomic E-state index is -0.481. The summed E-state index contributed by atoms with van der Waals surface area (Å²) in [6.07, 6.45) is 0. The molecule has 0 spiro atoms. The minimum absolute atomic E-state index is 0.186. The van der Waals surface area contributed by atoms with Crippen molar-refractivity contribution in [3.63, 3.8) is 0 Å². The van der Waals surface area contributed by atoms with E-state index in [0.717, 1.165) is 0 Å². The number of nitrogens with one attached hydrogen (secondary N) is 1. The van der Waals surface area contributed by atoms with Crippen LogP contribution in [0.25, 0.3) is 0 Å². The van der Waals surface area contributed by atoms with E-state index in [2.05, 4.69) is 5.32 Å². The largest absolute Gasteiger partial charge is 0.345 e. The van der Waals surface area contributed by atoms with E-state index in [4.69, 9.17) is 0 Å². The highest BCUT2D eigenvalue weighted by atomic mass is 19.1. The number of ketones is 1. The molecule has 0 saturated carbocycles. The van der Waals surface area contributed by atoms with Gasteiger partial charge in [0.05, 0.1) is 5.56 Å². The highest BCUT2D eigenvalue weighted by Gasteiger charge is 2.18. The number of amides is 2. The molecular formula is C23H19FN2O3. The van der Waals surface area contributed by atoms with Crippen molar-refractivity contribution in [3.8, 4) is 0 Å². The zero-order valence-corrected chi connectivity index (χ0v) is 16.0. The second-order valence-corrected chi connectivity index (χ2v) is 6.62. The molecule has 0 aliphatic carbocycles. The number of carbonyl (C=O) groups excluding carboxylic acids is 3. The predicted octanol–water partition coefficient (Wildman–Crippen LogP) is 4.01. The Morgan fingerprint density at radius 2 is 1.45 bits per heavy atom. The van der Waals surface area contributed by atoms with Crippen molar-refractivity contribution in [1.29, 1.82) is 0 Å². The van der Waals surface area contributed by atoms with E-state index in [1.807, 2.05) is 0 Å². The maximum atomic E-state index is 13.1. The first-order valence-corrected chi connectivity index (χ1v) is 8.89. The van der Waals surface area contributed by atoms with E-state index in [1.54, 1.807) is 62.6 Å². The van der Waals surface area contributed by atoms with E-state index in [0.29, 0.717) is 11.3 Å². The van der Waals surface area contributed by atoms with Crippen molar-refractivity contribution in [1.82, 2.24) is 4.90 Å². The Labute approximate surface area is 167 Å². The summed E-state index contributed by atoms with van der Waals surface area (Å²) in [6, 6.07) is 18.1. The smallest absolute Gasteiger partial charge is 0.256 e. The predicted molar refractivity (Wildman–Crippen MR) is 109 cm³/mol. The van der Waals surface area contributed by atoms with Crippen molar-refractivity contribution in [2.24, 2.45) is 0 Å². The lowest BCUT2D eigenvalue weighted by atomic mass is 9.98. The molecule has 146 valence electrons. The van der Waals surface area contributed by atoms with Gasteiger partial charge in [0.2, 0.25) is 0 Å². The topological polar surface area (TPSA) is 66.5 Å². The molecule has 0 aliphatic heterocycles. The maximum absolute atomic E-state index is 13.1. The Kier molecular flexibility index (Phi) is 5.83. The highest BCUT2D eigenvalue weighted by molar-refractivity contribution is 6.17. The molecule has 0 bridgehead atoms. The summed E-state index contributed by atoms with van der Waals surface area (Å²) < 4.78 is 13.1. The molecule has 0 radical (unpaired) electrons. The van der Waals surface area contributed by atoms with Crippen LogP contribution < -0.4 is 5.32 Å². The summed E-state index contributed by atoms with van der Waals surface area (Å²) in [5.41, 5.74) is 1.55. The SMILES string of the molecule is CN(C)C(=O)c1cccc(NC(=O)c2ccccc2C(=O)c2ccc(F)cc2)c1. The van der Waals surface area contributed by atoms with Gasteiger partial charge < -0.3 is 10.2 Å². The van der Waals surface area contributed by atoms with Gasteiger partial charge in [0.1, 0.15) is 5.82 Å². The average Bonchev–Trinajstić information content (AvgIpc) is 2.73. The van der Waals surface area contributed by atoms with Crippen LogP contribution in [-0.4, -0.2) is 36.6 Å². The molecule has 29 heavy (non-hydrogen) atoms. The van der Waals surface area contributed by atoms with Crippen LogP contribution in [0.3, 0.4) is 0 Å². The summed E-state index contributed by atoms with van der Waals surface area (Å²) in [5.74, 6) is -1.49. The number of hydrogen-bond acceptors (Lipinski definition) is 3. The van der Waals surface area contributed by atoms with Gasteiger partial charge in [0.25, 0.3) is 11.8 Å². The zero-order chi connectivity index (χ0) is 21.0. The Hall–Kier alpha value is -3.80. The monoisotopic (exact) mass is 390 g/mol. The van der Waals surface area contributed by atoms with Gasteiger partial charge in [-0.15, -0.1) is 0 Å². The Morgan fingerprint density at radius 3 is 2.10 bits per heavy atom. The highest BCUT2D eigenvalue weighted by Crippen LogP contribution is 2.18. The molecule has 3 rings (SSSR count). The average molecular weight is 390 g/mol. The molecule has 3 aromatic carbocycles. The van der Waals surface area contributed by atoms with E-state index in [9.17, 15) is 18.8 Å². The fourth-order valence-corrected chi connectivity index (χ4v) is 2.82. The summed E-state index contributed by atoms with van der Waals surface area (Å²) >= 11 is 0. The van der Waals surface area contributed by atoms with Crippen LogP contribution in [0, 0.1) is 5.82 Å². The van der Waals surface area contributed by atoms with Crippen molar-refractivity contribution in [3.05, 3.63) is 101 Å². The molecule has 0 fully saturated rings. The third kappa shape index (κ3) is 4.55. The van der Waals surface area contributed by atoms with Crippen LogP contribution in [0.4, 0.5) is 10.1 Å². The second kappa shape index (κ2) is 8.48. The number of nitrogens with zero attached hydrogens (tertiary/aromatic N) is 1. The van der Waals surface area contributed by atoms with Gasteiger partial charge in [0, 0.05) is 36.5 Å². The summed E-state index contributed by atoms with van der Waals surface area (Å²) in [7, 11) is 3.29. The molecule has 0 aliphatic rings. The van der Waals surface area contributed by atoms with Gasteiger partial charge >= 0.3 is 0 Å². The molecule has 6 heteroatoms. The van der Waals surface area contributed by atoms with Gasteiger partial charge in [-0.05, 0) is 48.5 Å². The molecule has 1 N–H and O–H groups in total. The zero-order valence-electron chi connectivity index (χ0n) is 16.0. The van der Waals surface area contributed by atoms with Crippen LogP contribution in [-0.2, 0) is 0 Å². The fraction of sp³-hybridized carbons (Fsp3) is 0.0870.